The van der Waals surface area contributed by atoms with Crippen molar-refractivity contribution in [2.45, 2.75) is 51.5 Å². The third-order valence-corrected chi connectivity index (χ3v) is 7.93. The van der Waals surface area contributed by atoms with Crippen LogP contribution in [-0.4, -0.2) is 36.5 Å². The van der Waals surface area contributed by atoms with Crippen LogP contribution < -0.4 is 21.7 Å². The van der Waals surface area contributed by atoms with Crippen molar-refractivity contribution in [1.82, 2.24) is 10.2 Å². The van der Waals surface area contributed by atoms with Gasteiger partial charge in [-0.3, -0.25) is 4.79 Å². The van der Waals surface area contributed by atoms with E-state index in [4.69, 9.17) is 5.73 Å². The summed E-state index contributed by atoms with van der Waals surface area (Å²) in [6, 6.07) is 20.9. The van der Waals surface area contributed by atoms with E-state index in [-0.39, 0.29) is 11.9 Å². The number of anilines is 3. The van der Waals surface area contributed by atoms with Crippen LogP contribution in [0.5, 0.6) is 0 Å². The summed E-state index contributed by atoms with van der Waals surface area (Å²) in [4.78, 5) is 28.1. The van der Waals surface area contributed by atoms with Crippen LogP contribution in [0.2, 0.25) is 0 Å². The van der Waals surface area contributed by atoms with E-state index in [1.165, 1.54) is 30.4 Å². The topological polar surface area (TPSA) is 99.5 Å². The summed E-state index contributed by atoms with van der Waals surface area (Å²) in [5.74, 6) is 0.511. The number of nitrogens with two attached hydrogens (primary N) is 1. The van der Waals surface area contributed by atoms with Crippen molar-refractivity contribution in [3.8, 4) is 0 Å². The largest absolute Gasteiger partial charge is 0.397 e. The number of hydrogen-bond donors (Lipinski definition) is 4. The third-order valence-electron chi connectivity index (χ3n) is 7.93. The number of carbonyl (C=O) groups is 2. The molecule has 2 aliphatic rings. The molecule has 0 atom stereocenters. The van der Waals surface area contributed by atoms with Gasteiger partial charge in [0.2, 0.25) is 0 Å². The highest BCUT2D eigenvalue weighted by Crippen LogP contribution is 2.25. The van der Waals surface area contributed by atoms with E-state index in [9.17, 15) is 9.59 Å². The molecule has 1 saturated heterocycles. The lowest BCUT2D eigenvalue weighted by atomic mass is 9.93. The molecule has 3 aromatic rings. The molecule has 3 aromatic carbocycles. The molecule has 0 unspecified atom stereocenters. The van der Waals surface area contributed by atoms with E-state index in [1.54, 1.807) is 24.3 Å². The Morgan fingerprint density at radius 2 is 1.69 bits per heavy atom. The smallest absolute Gasteiger partial charge is 0.322 e. The number of amides is 3. The average Bonchev–Trinajstić information content (AvgIpc) is 3.43. The van der Waals surface area contributed by atoms with Gasteiger partial charge in [-0.15, -0.1) is 0 Å². The van der Waals surface area contributed by atoms with Crippen molar-refractivity contribution in [2.24, 2.45) is 5.92 Å². The van der Waals surface area contributed by atoms with Gasteiger partial charge in [-0.05, 0) is 117 Å². The predicted molar refractivity (Wildman–Crippen MR) is 158 cm³/mol. The number of piperidine rings is 1. The zero-order chi connectivity index (χ0) is 27.0. The summed E-state index contributed by atoms with van der Waals surface area (Å²) in [6.07, 6.45) is 7.91. The van der Waals surface area contributed by atoms with E-state index in [0.717, 1.165) is 55.9 Å². The molecule has 3 amide bonds. The van der Waals surface area contributed by atoms with Crippen molar-refractivity contribution in [3.63, 3.8) is 0 Å². The second-order valence-corrected chi connectivity index (χ2v) is 10.8. The highest BCUT2D eigenvalue weighted by molar-refractivity contribution is 6.05. The summed E-state index contributed by atoms with van der Waals surface area (Å²) in [7, 11) is 0. The number of nitrogen functional groups attached to an aromatic ring is 1. The van der Waals surface area contributed by atoms with Crippen molar-refractivity contribution >= 4 is 29.0 Å². The molecule has 0 bridgehead atoms. The number of benzene rings is 3. The van der Waals surface area contributed by atoms with Crippen molar-refractivity contribution in [1.29, 1.82) is 0 Å². The highest BCUT2D eigenvalue weighted by atomic mass is 16.2. The van der Waals surface area contributed by atoms with Crippen LogP contribution in [0.25, 0.3) is 0 Å². The minimum Gasteiger partial charge on any atom is -0.397 e. The number of hydrogen-bond acceptors (Lipinski definition) is 4. The molecule has 0 radical (unpaired) electrons. The first-order valence-electron chi connectivity index (χ1n) is 14.2. The van der Waals surface area contributed by atoms with Crippen molar-refractivity contribution in [2.75, 3.05) is 36.0 Å². The quantitative estimate of drug-likeness (QED) is 0.264. The molecule has 5 rings (SSSR count). The predicted octanol–water partition coefficient (Wildman–Crippen LogP) is 5.82. The van der Waals surface area contributed by atoms with Gasteiger partial charge in [0, 0.05) is 24.3 Å². The minimum atomic E-state index is -0.215. The van der Waals surface area contributed by atoms with Crippen LogP contribution in [0.1, 0.15) is 59.2 Å². The normalized spacial score (nSPS) is 15.0. The molecule has 204 valence electrons. The number of rotatable bonds is 9. The first-order chi connectivity index (χ1) is 19.0. The Balaban J connectivity index is 1.23. The van der Waals surface area contributed by atoms with Gasteiger partial charge in [-0.2, -0.15) is 0 Å². The fraction of sp³-hybridized carbons (Fsp3) is 0.375. The van der Waals surface area contributed by atoms with Crippen LogP contribution in [-0.2, 0) is 19.4 Å². The molecule has 7 nitrogen and oxygen atoms in total. The summed E-state index contributed by atoms with van der Waals surface area (Å²) >= 11 is 0. The number of para-hydroxylation sites is 2. The Bertz CT molecular complexity index is 1280. The zero-order valence-corrected chi connectivity index (χ0v) is 22.5. The maximum absolute atomic E-state index is 13.4. The Hall–Kier alpha value is -3.84. The summed E-state index contributed by atoms with van der Waals surface area (Å²) in [6.45, 7) is 3.35. The van der Waals surface area contributed by atoms with E-state index in [0.29, 0.717) is 30.0 Å². The molecule has 1 heterocycles. The first-order valence-corrected chi connectivity index (χ1v) is 14.2. The minimum absolute atomic E-state index is 0.0837. The van der Waals surface area contributed by atoms with Crippen LogP contribution in [0, 0.1) is 5.92 Å². The van der Waals surface area contributed by atoms with Gasteiger partial charge in [0.15, 0.2) is 0 Å². The lowest BCUT2D eigenvalue weighted by molar-refractivity contribution is 0.102. The second-order valence-electron chi connectivity index (χ2n) is 10.8. The van der Waals surface area contributed by atoms with E-state index in [2.05, 4.69) is 28.1 Å². The van der Waals surface area contributed by atoms with Crippen LogP contribution in [0.15, 0.2) is 66.7 Å². The van der Waals surface area contributed by atoms with Gasteiger partial charge in [-0.25, -0.2) is 4.79 Å². The molecule has 1 fully saturated rings. The third kappa shape index (κ3) is 7.18. The number of urea groups is 1. The van der Waals surface area contributed by atoms with E-state index >= 15 is 0 Å². The molecule has 7 heteroatoms. The number of aryl methyl sites for hydroxylation is 2. The highest BCUT2D eigenvalue weighted by Gasteiger charge is 2.19. The van der Waals surface area contributed by atoms with Gasteiger partial charge in [0.25, 0.3) is 5.91 Å². The van der Waals surface area contributed by atoms with Crippen LogP contribution >= 0.6 is 0 Å². The maximum atomic E-state index is 13.4. The molecule has 0 saturated carbocycles. The van der Waals surface area contributed by atoms with Crippen molar-refractivity contribution in [3.05, 3.63) is 89.0 Å². The molecule has 1 aliphatic heterocycles. The van der Waals surface area contributed by atoms with Crippen LogP contribution in [0.3, 0.4) is 0 Å². The lowest BCUT2D eigenvalue weighted by Gasteiger charge is -2.26. The standard InChI is InChI=1S/C32H39N5O2/c33-29-8-1-2-9-30(29)36-31(38)26-12-10-24(11-13-26)22-37(20-4-5-23-16-18-34-19-17-23)32(39)35-28-15-14-25-6-3-7-27(25)21-28/h1-2,8-15,21,23,34H,3-7,16-20,22,33H2,(H,35,39)(H,36,38). The van der Waals surface area contributed by atoms with E-state index in [1.807, 2.05) is 35.2 Å². The Morgan fingerprint density at radius 3 is 2.49 bits per heavy atom. The number of nitrogens with one attached hydrogen (secondary N) is 3. The summed E-state index contributed by atoms with van der Waals surface area (Å²) < 4.78 is 0. The Kier molecular flexibility index (Phi) is 8.78. The fourth-order valence-electron chi connectivity index (χ4n) is 5.63. The van der Waals surface area contributed by atoms with Gasteiger partial charge < -0.3 is 26.6 Å². The van der Waals surface area contributed by atoms with Gasteiger partial charge in [0.05, 0.1) is 11.4 Å². The van der Waals surface area contributed by atoms with Crippen LogP contribution in [0.4, 0.5) is 21.9 Å². The molecular weight excluding hydrogens is 486 g/mol. The molecule has 1 aliphatic carbocycles. The number of nitrogens with zero attached hydrogens (tertiary/aromatic N) is 1. The Labute approximate surface area is 231 Å². The average molecular weight is 526 g/mol. The summed E-state index contributed by atoms with van der Waals surface area (Å²) in [5, 5.41) is 9.44. The molecule has 5 N–H and O–H groups in total. The fourth-order valence-corrected chi connectivity index (χ4v) is 5.63. The molecule has 0 aromatic heterocycles. The maximum Gasteiger partial charge on any atom is 0.322 e. The van der Waals surface area contributed by atoms with Gasteiger partial charge in [-0.1, -0.05) is 30.3 Å². The number of fused-ring (bicyclic) bond motifs is 1. The molecule has 39 heavy (non-hydrogen) atoms. The zero-order valence-electron chi connectivity index (χ0n) is 22.5. The summed E-state index contributed by atoms with van der Waals surface area (Å²) in [5.41, 5.74) is 12.2. The van der Waals surface area contributed by atoms with Gasteiger partial charge >= 0.3 is 6.03 Å². The van der Waals surface area contributed by atoms with Crippen molar-refractivity contribution < 1.29 is 9.59 Å². The second kappa shape index (κ2) is 12.8. The molecular formula is C32H39N5O2. The monoisotopic (exact) mass is 525 g/mol. The van der Waals surface area contributed by atoms with E-state index < -0.39 is 0 Å². The lowest BCUT2D eigenvalue weighted by Crippen LogP contribution is -2.36. The van der Waals surface area contributed by atoms with Gasteiger partial charge in [0.1, 0.15) is 0 Å². The molecule has 0 spiro atoms. The number of carbonyl (C=O) groups excluding carboxylic acids is 2. The SMILES string of the molecule is Nc1ccccc1NC(=O)c1ccc(CN(CCCC2CCNCC2)C(=O)Nc2ccc3c(c2)CCC3)cc1. The Morgan fingerprint density at radius 1 is 0.923 bits per heavy atom. The first kappa shape index (κ1) is 26.8.